The highest BCUT2D eigenvalue weighted by Gasteiger charge is 2.50. The number of ether oxygens (including phenoxy) is 5. The zero-order valence-corrected chi connectivity index (χ0v) is 19.5. The molecule has 1 saturated carbocycles. The number of hydrogen-bond acceptors (Lipinski definition) is 6. The maximum absolute atomic E-state index is 12.0. The van der Waals surface area contributed by atoms with Crippen LogP contribution in [0.4, 0.5) is 0 Å². The van der Waals surface area contributed by atoms with E-state index >= 15 is 0 Å². The highest BCUT2D eigenvalue weighted by Crippen LogP contribution is 2.44. The van der Waals surface area contributed by atoms with E-state index in [4.69, 9.17) is 23.7 Å². The fourth-order valence-corrected chi connectivity index (χ4v) is 5.30. The molecule has 1 aliphatic carbocycles. The van der Waals surface area contributed by atoms with E-state index < -0.39 is 0 Å². The van der Waals surface area contributed by atoms with Crippen molar-refractivity contribution in [3.63, 3.8) is 0 Å². The molecule has 3 saturated heterocycles. The molecule has 0 N–H and O–H groups in total. The van der Waals surface area contributed by atoms with Crippen molar-refractivity contribution in [2.75, 3.05) is 13.2 Å². The first-order chi connectivity index (χ1) is 15.6. The summed E-state index contributed by atoms with van der Waals surface area (Å²) in [7, 11) is 0. The topological polar surface area (TPSA) is 63.2 Å². The van der Waals surface area contributed by atoms with E-state index in [2.05, 4.69) is 30.9 Å². The van der Waals surface area contributed by atoms with E-state index in [9.17, 15) is 4.79 Å². The molecular weight excluding hydrogens is 408 g/mol. The Morgan fingerprint density at radius 2 is 1.88 bits per heavy atom. The lowest BCUT2D eigenvalue weighted by Crippen LogP contribution is -2.32. The lowest BCUT2D eigenvalue weighted by Gasteiger charge is -2.30. The van der Waals surface area contributed by atoms with Crippen molar-refractivity contribution in [3.8, 4) is 11.8 Å². The van der Waals surface area contributed by atoms with Crippen LogP contribution < -0.4 is 0 Å². The van der Waals surface area contributed by atoms with Crippen molar-refractivity contribution in [2.45, 2.75) is 103 Å². The van der Waals surface area contributed by atoms with Crippen LogP contribution in [0, 0.1) is 29.6 Å². The molecule has 0 aromatic rings. The molecule has 8 atom stereocenters. The summed E-state index contributed by atoms with van der Waals surface area (Å²) in [6.07, 6.45) is 12.2. The molecule has 4 aliphatic rings. The van der Waals surface area contributed by atoms with Crippen molar-refractivity contribution in [1.29, 1.82) is 0 Å². The zero-order chi connectivity index (χ0) is 22.3. The molecular formula is C26H38O6. The number of carbonyl (C=O) groups is 1. The summed E-state index contributed by atoms with van der Waals surface area (Å²) in [5, 5.41) is 0. The molecule has 3 unspecified atom stereocenters. The van der Waals surface area contributed by atoms with E-state index in [0.717, 1.165) is 64.6 Å². The third-order valence-electron chi connectivity index (χ3n) is 7.15. The predicted octanol–water partition coefficient (Wildman–Crippen LogP) is 4.37. The van der Waals surface area contributed by atoms with Gasteiger partial charge < -0.3 is 23.7 Å². The van der Waals surface area contributed by atoms with Crippen LogP contribution in [0.2, 0.25) is 0 Å². The minimum Gasteiger partial charge on any atom is -0.462 e. The summed E-state index contributed by atoms with van der Waals surface area (Å²) in [6.45, 7) is 5.56. The molecule has 0 bridgehead atoms. The van der Waals surface area contributed by atoms with E-state index in [1.807, 2.05) is 6.92 Å². The van der Waals surface area contributed by atoms with Gasteiger partial charge >= 0.3 is 5.97 Å². The average molecular weight is 447 g/mol. The highest BCUT2D eigenvalue weighted by molar-refractivity contribution is 5.72. The van der Waals surface area contributed by atoms with Gasteiger partial charge in [-0.15, -0.1) is 11.8 Å². The Morgan fingerprint density at radius 3 is 2.56 bits per heavy atom. The average Bonchev–Trinajstić information content (AvgIpc) is 3.31. The fraction of sp³-hybridized carbons (Fsp3) is 0.808. The van der Waals surface area contributed by atoms with Gasteiger partial charge in [-0.05, 0) is 51.4 Å². The Labute approximate surface area is 192 Å². The molecule has 6 heteroatoms. The normalized spacial score (nSPS) is 36.9. The molecule has 32 heavy (non-hydrogen) atoms. The SMILES string of the molecule is CC#CCC(C)[C@@H](/C=C/[C@@H]1[C@H]2CC(=O)O[C@H]2C[C@H]1OC1CCCCO1)OC1CCCCO1. The Hall–Kier alpha value is -1.39. The Balaban J connectivity index is 1.46. The maximum Gasteiger partial charge on any atom is 0.306 e. The van der Waals surface area contributed by atoms with Gasteiger partial charge in [0.2, 0.25) is 0 Å². The minimum atomic E-state index is -0.161. The summed E-state index contributed by atoms with van der Waals surface area (Å²) in [4.78, 5) is 12.0. The lowest BCUT2D eigenvalue weighted by molar-refractivity contribution is -0.194. The fourth-order valence-electron chi connectivity index (χ4n) is 5.30. The minimum absolute atomic E-state index is 0.00484. The van der Waals surface area contributed by atoms with Crippen molar-refractivity contribution in [3.05, 3.63) is 12.2 Å². The van der Waals surface area contributed by atoms with Gasteiger partial charge in [0, 0.05) is 37.9 Å². The van der Waals surface area contributed by atoms with Crippen LogP contribution in [0.1, 0.15) is 71.6 Å². The van der Waals surface area contributed by atoms with Crippen LogP contribution in [0.5, 0.6) is 0 Å². The van der Waals surface area contributed by atoms with Gasteiger partial charge in [-0.25, -0.2) is 0 Å². The molecule has 0 spiro atoms. The third-order valence-corrected chi connectivity index (χ3v) is 7.15. The molecule has 3 heterocycles. The first-order valence-electron chi connectivity index (χ1n) is 12.5. The first kappa shape index (κ1) is 23.8. The quantitative estimate of drug-likeness (QED) is 0.313. The van der Waals surface area contributed by atoms with E-state index in [0.29, 0.717) is 6.42 Å². The number of fused-ring (bicyclic) bond motifs is 1. The van der Waals surface area contributed by atoms with Crippen molar-refractivity contribution in [1.82, 2.24) is 0 Å². The second kappa shape index (κ2) is 11.7. The number of rotatable bonds is 8. The van der Waals surface area contributed by atoms with E-state index in [-0.39, 0.29) is 54.6 Å². The Kier molecular flexibility index (Phi) is 8.65. The second-order valence-corrected chi connectivity index (χ2v) is 9.57. The molecule has 0 radical (unpaired) electrons. The van der Waals surface area contributed by atoms with Gasteiger partial charge in [-0.1, -0.05) is 19.1 Å². The molecule has 6 nitrogen and oxygen atoms in total. The molecule has 4 fully saturated rings. The molecule has 178 valence electrons. The smallest absolute Gasteiger partial charge is 0.306 e. The van der Waals surface area contributed by atoms with Crippen molar-refractivity contribution >= 4 is 5.97 Å². The monoisotopic (exact) mass is 446 g/mol. The molecule has 0 aromatic heterocycles. The molecule has 4 rings (SSSR count). The van der Waals surface area contributed by atoms with Gasteiger partial charge in [-0.3, -0.25) is 4.79 Å². The van der Waals surface area contributed by atoms with E-state index in [1.54, 1.807) is 0 Å². The maximum atomic E-state index is 12.0. The van der Waals surface area contributed by atoms with Crippen LogP contribution in [-0.2, 0) is 28.5 Å². The van der Waals surface area contributed by atoms with Gasteiger partial charge in [0.1, 0.15) is 6.10 Å². The van der Waals surface area contributed by atoms with Crippen LogP contribution >= 0.6 is 0 Å². The molecule has 0 amide bonds. The molecule has 0 aromatic carbocycles. The summed E-state index contributed by atoms with van der Waals surface area (Å²) >= 11 is 0. The Bertz CT molecular complexity index is 697. The lowest BCUT2D eigenvalue weighted by atomic mass is 9.90. The first-order valence-corrected chi connectivity index (χ1v) is 12.5. The summed E-state index contributed by atoms with van der Waals surface area (Å²) in [5.74, 6) is 6.59. The standard InChI is InChI=1S/C26H38O6/c1-3-4-9-18(2)21(31-25-10-5-7-14-28-25)13-12-19-20-16-24(27)30-23(20)17-22(19)32-26-11-6-8-15-29-26/h12-13,18-23,25-26H,5-11,14-17H2,1-2H3/b13-12+/t18?,19-,20-,21-,22-,23+,25?,26?/m1/s1. The van der Waals surface area contributed by atoms with Crippen LogP contribution in [0.3, 0.4) is 0 Å². The van der Waals surface area contributed by atoms with Gasteiger partial charge in [0.25, 0.3) is 0 Å². The number of esters is 1. The summed E-state index contributed by atoms with van der Waals surface area (Å²) < 4.78 is 30.1. The highest BCUT2D eigenvalue weighted by atomic mass is 16.7. The van der Waals surface area contributed by atoms with Gasteiger partial charge in [-0.2, -0.15) is 0 Å². The van der Waals surface area contributed by atoms with Crippen molar-refractivity contribution < 1.29 is 28.5 Å². The summed E-state index contributed by atoms with van der Waals surface area (Å²) in [6, 6.07) is 0. The van der Waals surface area contributed by atoms with Crippen molar-refractivity contribution in [2.24, 2.45) is 17.8 Å². The Morgan fingerprint density at radius 1 is 1.12 bits per heavy atom. The van der Waals surface area contributed by atoms with Crippen LogP contribution in [0.15, 0.2) is 12.2 Å². The van der Waals surface area contributed by atoms with E-state index in [1.165, 1.54) is 0 Å². The molecule has 3 aliphatic heterocycles. The zero-order valence-electron chi connectivity index (χ0n) is 19.5. The number of hydrogen-bond donors (Lipinski definition) is 0. The van der Waals surface area contributed by atoms with Crippen LogP contribution in [-0.4, -0.2) is 50.1 Å². The van der Waals surface area contributed by atoms with Gasteiger partial charge in [0.05, 0.1) is 18.6 Å². The largest absolute Gasteiger partial charge is 0.462 e. The predicted molar refractivity (Wildman–Crippen MR) is 119 cm³/mol. The third kappa shape index (κ3) is 6.14. The van der Waals surface area contributed by atoms with Gasteiger partial charge in [0.15, 0.2) is 12.6 Å². The number of carbonyl (C=O) groups excluding carboxylic acids is 1. The second-order valence-electron chi connectivity index (χ2n) is 9.57. The van der Waals surface area contributed by atoms with Crippen LogP contribution in [0.25, 0.3) is 0 Å². The summed E-state index contributed by atoms with van der Waals surface area (Å²) in [5.41, 5.74) is 0.